The molecule has 1 aliphatic rings. The highest BCUT2D eigenvalue weighted by Gasteiger charge is 2.26. The number of nitrogens with zero attached hydrogens (tertiary/aromatic N) is 1. The molecule has 3 nitrogen and oxygen atoms in total. The van der Waals surface area contributed by atoms with Crippen molar-refractivity contribution < 1.29 is 5.11 Å². The third kappa shape index (κ3) is 2.30. The number of aliphatic hydroxyl groups is 1. The first-order valence-electron chi connectivity index (χ1n) is 5.07. The monoisotopic (exact) mass is 192 g/mol. The molecule has 1 aliphatic carbocycles. The van der Waals surface area contributed by atoms with Crippen molar-refractivity contribution in [3.8, 4) is 0 Å². The largest absolute Gasteiger partial charge is 0.393 e. The van der Waals surface area contributed by atoms with E-state index in [9.17, 15) is 0 Å². The van der Waals surface area contributed by atoms with Gasteiger partial charge in [-0.05, 0) is 31.4 Å². The predicted octanol–water partition coefficient (Wildman–Crippen LogP) is 1.00. The van der Waals surface area contributed by atoms with Crippen LogP contribution in [0.4, 0.5) is 0 Å². The van der Waals surface area contributed by atoms with Gasteiger partial charge >= 0.3 is 0 Å². The van der Waals surface area contributed by atoms with E-state index in [2.05, 4.69) is 16.4 Å². The van der Waals surface area contributed by atoms with Crippen molar-refractivity contribution in [3.05, 3.63) is 29.6 Å². The van der Waals surface area contributed by atoms with E-state index in [1.807, 2.05) is 19.2 Å². The van der Waals surface area contributed by atoms with E-state index in [1.54, 1.807) is 0 Å². The highest BCUT2D eigenvalue weighted by molar-refractivity contribution is 5.12. The molecule has 0 atom stereocenters. The average molecular weight is 192 g/mol. The van der Waals surface area contributed by atoms with Gasteiger partial charge in [-0.2, -0.15) is 0 Å². The topological polar surface area (TPSA) is 45.1 Å². The third-order valence-corrected chi connectivity index (χ3v) is 2.66. The second-order valence-corrected chi connectivity index (χ2v) is 4.03. The predicted molar refractivity (Wildman–Crippen MR) is 54.8 cm³/mol. The van der Waals surface area contributed by atoms with Crippen LogP contribution < -0.4 is 5.32 Å². The van der Waals surface area contributed by atoms with E-state index >= 15 is 0 Å². The number of pyridine rings is 1. The number of hydrogen-bond donors (Lipinski definition) is 2. The highest BCUT2D eigenvalue weighted by atomic mass is 16.3. The first-order valence-corrected chi connectivity index (χ1v) is 5.07. The van der Waals surface area contributed by atoms with Crippen LogP contribution in [-0.4, -0.2) is 22.2 Å². The molecule has 0 unspecified atom stereocenters. The Morgan fingerprint density at radius 2 is 2.29 bits per heavy atom. The van der Waals surface area contributed by atoms with Crippen LogP contribution >= 0.6 is 0 Å². The molecule has 14 heavy (non-hydrogen) atoms. The van der Waals surface area contributed by atoms with Gasteiger partial charge < -0.3 is 10.4 Å². The van der Waals surface area contributed by atoms with Gasteiger partial charge in [-0.3, -0.25) is 4.98 Å². The van der Waals surface area contributed by atoms with Crippen LogP contribution in [0, 0.1) is 6.92 Å². The van der Waals surface area contributed by atoms with E-state index in [0.29, 0.717) is 6.04 Å². The maximum Gasteiger partial charge on any atom is 0.0570 e. The van der Waals surface area contributed by atoms with Crippen LogP contribution in [0.5, 0.6) is 0 Å². The standard InChI is InChI=1S/C11H16N2O/c1-8-2-3-9(12-6-8)7-13-10-4-11(14)5-10/h2-3,6,10-11,13-14H,4-5,7H2,1H3. The molecule has 3 heteroatoms. The van der Waals surface area contributed by atoms with Crippen LogP contribution in [0.25, 0.3) is 0 Å². The van der Waals surface area contributed by atoms with Crippen molar-refractivity contribution in [1.29, 1.82) is 0 Å². The van der Waals surface area contributed by atoms with E-state index in [0.717, 1.165) is 25.1 Å². The molecule has 0 aliphatic heterocycles. The fourth-order valence-electron chi connectivity index (χ4n) is 1.61. The summed E-state index contributed by atoms with van der Waals surface area (Å²) in [6.07, 6.45) is 3.56. The van der Waals surface area contributed by atoms with Crippen molar-refractivity contribution in [1.82, 2.24) is 10.3 Å². The first-order chi connectivity index (χ1) is 6.74. The second kappa shape index (κ2) is 4.07. The molecule has 0 bridgehead atoms. The number of hydrogen-bond acceptors (Lipinski definition) is 3. The molecule has 1 fully saturated rings. The molecule has 0 amide bonds. The smallest absolute Gasteiger partial charge is 0.0570 e. The minimum atomic E-state index is -0.0847. The van der Waals surface area contributed by atoms with Gasteiger partial charge in [0.2, 0.25) is 0 Å². The molecule has 0 aromatic carbocycles. The molecule has 1 aromatic rings. The van der Waals surface area contributed by atoms with Crippen molar-refractivity contribution >= 4 is 0 Å². The maximum atomic E-state index is 9.10. The van der Waals surface area contributed by atoms with Gasteiger partial charge in [0.25, 0.3) is 0 Å². The molecular weight excluding hydrogens is 176 g/mol. The number of rotatable bonds is 3. The van der Waals surface area contributed by atoms with E-state index < -0.39 is 0 Å². The van der Waals surface area contributed by atoms with Gasteiger partial charge in [-0.15, -0.1) is 0 Å². The molecule has 76 valence electrons. The summed E-state index contributed by atoms with van der Waals surface area (Å²) in [4.78, 5) is 4.30. The fraction of sp³-hybridized carbons (Fsp3) is 0.545. The highest BCUT2D eigenvalue weighted by Crippen LogP contribution is 2.19. The third-order valence-electron chi connectivity index (χ3n) is 2.66. The molecular formula is C11H16N2O. The Morgan fingerprint density at radius 3 is 2.86 bits per heavy atom. The number of aromatic nitrogens is 1. The minimum absolute atomic E-state index is 0.0847. The lowest BCUT2D eigenvalue weighted by atomic mass is 9.89. The van der Waals surface area contributed by atoms with Crippen LogP contribution in [0.3, 0.4) is 0 Å². The van der Waals surface area contributed by atoms with Gasteiger partial charge in [-0.25, -0.2) is 0 Å². The Bertz CT molecular complexity index is 291. The van der Waals surface area contributed by atoms with Crippen molar-refractivity contribution in [2.45, 2.75) is 38.5 Å². The Morgan fingerprint density at radius 1 is 1.50 bits per heavy atom. The maximum absolute atomic E-state index is 9.10. The molecule has 0 radical (unpaired) electrons. The SMILES string of the molecule is Cc1ccc(CNC2CC(O)C2)nc1. The normalized spacial score (nSPS) is 25.9. The van der Waals surface area contributed by atoms with Crippen molar-refractivity contribution in [3.63, 3.8) is 0 Å². The summed E-state index contributed by atoms with van der Waals surface area (Å²) in [5.74, 6) is 0. The Labute approximate surface area is 84.2 Å². The van der Waals surface area contributed by atoms with Crippen LogP contribution in [0.1, 0.15) is 24.1 Å². The Hall–Kier alpha value is -0.930. The number of aryl methyl sites for hydroxylation is 1. The summed E-state index contributed by atoms with van der Waals surface area (Å²) in [6.45, 7) is 2.84. The van der Waals surface area contributed by atoms with Gasteiger partial charge in [0.1, 0.15) is 0 Å². The zero-order chi connectivity index (χ0) is 9.97. The van der Waals surface area contributed by atoms with Gasteiger partial charge in [0, 0.05) is 18.8 Å². The molecule has 1 saturated carbocycles. The lowest BCUT2D eigenvalue weighted by Crippen LogP contribution is -2.43. The van der Waals surface area contributed by atoms with Crippen molar-refractivity contribution in [2.24, 2.45) is 0 Å². The summed E-state index contributed by atoms with van der Waals surface area (Å²) in [5.41, 5.74) is 2.25. The van der Waals surface area contributed by atoms with E-state index in [4.69, 9.17) is 5.11 Å². The van der Waals surface area contributed by atoms with Gasteiger partial charge in [0.05, 0.1) is 11.8 Å². The minimum Gasteiger partial charge on any atom is -0.393 e. The summed E-state index contributed by atoms with van der Waals surface area (Å²) in [5, 5.41) is 12.5. The van der Waals surface area contributed by atoms with E-state index in [1.165, 1.54) is 5.56 Å². The second-order valence-electron chi connectivity index (χ2n) is 4.03. The first kappa shape index (κ1) is 9.62. The molecule has 2 N–H and O–H groups in total. The summed E-state index contributed by atoms with van der Waals surface area (Å²) in [6, 6.07) is 4.59. The molecule has 0 saturated heterocycles. The Kier molecular flexibility index (Phi) is 2.79. The Balaban J connectivity index is 1.78. The zero-order valence-electron chi connectivity index (χ0n) is 8.40. The van der Waals surface area contributed by atoms with Crippen LogP contribution in [0.15, 0.2) is 18.3 Å². The fourth-order valence-corrected chi connectivity index (χ4v) is 1.61. The van der Waals surface area contributed by atoms with Crippen LogP contribution in [-0.2, 0) is 6.54 Å². The molecule has 0 spiro atoms. The molecule has 1 aromatic heterocycles. The summed E-state index contributed by atoms with van der Waals surface area (Å²) in [7, 11) is 0. The lowest BCUT2D eigenvalue weighted by molar-refractivity contribution is 0.0618. The quantitative estimate of drug-likeness (QED) is 0.751. The number of aliphatic hydroxyl groups excluding tert-OH is 1. The van der Waals surface area contributed by atoms with Crippen molar-refractivity contribution in [2.75, 3.05) is 0 Å². The summed E-state index contributed by atoms with van der Waals surface area (Å²) < 4.78 is 0. The van der Waals surface area contributed by atoms with Crippen LogP contribution in [0.2, 0.25) is 0 Å². The van der Waals surface area contributed by atoms with Gasteiger partial charge in [0.15, 0.2) is 0 Å². The number of nitrogens with one attached hydrogen (secondary N) is 1. The average Bonchev–Trinajstić information content (AvgIpc) is 2.13. The van der Waals surface area contributed by atoms with Gasteiger partial charge in [-0.1, -0.05) is 6.07 Å². The van der Waals surface area contributed by atoms with E-state index in [-0.39, 0.29) is 6.10 Å². The zero-order valence-corrected chi connectivity index (χ0v) is 8.40. The lowest BCUT2D eigenvalue weighted by Gasteiger charge is -2.32. The molecule has 1 heterocycles. The molecule has 2 rings (SSSR count). The summed E-state index contributed by atoms with van der Waals surface area (Å²) >= 11 is 0.